The van der Waals surface area contributed by atoms with Crippen molar-refractivity contribution in [3.05, 3.63) is 35.9 Å². The predicted octanol–water partition coefficient (Wildman–Crippen LogP) is 1.14. The summed E-state index contributed by atoms with van der Waals surface area (Å²) in [7, 11) is 0. The van der Waals surface area contributed by atoms with Crippen molar-refractivity contribution in [3.8, 4) is 0 Å². The van der Waals surface area contributed by atoms with Crippen LogP contribution < -0.4 is 5.73 Å². The van der Waals surface area contributed by atoms with E-state index in [1.54, 1.807) is 29.2 Å². The van der Waals surface area contributed by atoms with Gasteiger partial charge in [0.15, 0.2) is 5.84 Å². The molecule has 4 N–H and O–H groups in total. The first-order chi connectivity index (χ1) is 10.0. The Morgan fingerprint density at radius 3 is 2.43 bits per heavy atom. The Morgan fingerprint density at radius 1 is 1.33 bits per heavy atom. The predicted molar refractivity (Wildman–Crippen MR) is 81.1 cm³/mol. The minimum atomic E-state index is -0.822. The van der Waals surface area contributed by atoms with Gasteiger partial charge in [0.1, 0.15) is 5.92 Å². The summed E-state index contributed by atoms with van der Waals surface area (Å²) in [4.78, 5) is 14.4. The molecular formula is C15H23N3O3. The van der Waals surface area contributed by atoms with Crippen molar-refractivity contribution < 1.29 is 15.1 Å². The highest BCUT2D eigenvalue weighted by atomic mass is 16.4. The number of amidine groups is 1. The fourth-order valence-corrected chi connectivity index (χ4v) is 2.17. The molecule has 0 aliphatic carbocycles. The van der Waals surface area contributed by atoms with E-state index in [1.165, 1.54) is 0 Å². The molecule has 0 saturated carbocycles. The third kappa shape index (κ3) is 4.46. The number of amides is 1. The maximum Gasteiger partial charge on any atom is 0.238 e. The Morgan fingerprint density at radius 2 is 1.95 bits per heavy atom. The summed E-state index contributed by atoms with van der Waals surface area (Å²) in [5, 5.41) is 20.9. The zero-order valence-corrected chi connectivity index (χ0v) is 12.4. The van der Waals surface area contributed by atoms with Gasteiger partial charge in [0, 0.05) is 19.2 Å². The third-order valence-corrected chi connectivity index (χ3v) is 3.25. The van der Waals surface area contributed by atoms with Crippen LogP contribution in [0.4, 0.5) is 0 Å². The van der Waals surface area contributed by atoms with E-state index in [2.05, 4.69) is 5.16 Å². The van der Waals surface area contributed by atoms with Crippen molar-refractivity contribution in [2.75, 3.05) is 13.2 Å². The topological polar surface area (TPSA) is 99.2 Å². The zero-order valence-electron chi connectivity index (χ0n) is 12.4. The highest BCUT2D eigenvalue weighted by Gasteiger charge is 2.30. The molecule has 0 bridgehead atoms. The minimum absolute atomic E-state index is 0.01000. The number of carbonyl (C=O) groups is 1. The van der Waals surface area contributed by atoms with Crippen LogP contribution in [0.25, 0.3) is 0 Å². The van der Waals surface area contributed by atoms with Gasteiger partial charge in [0.25, 0.3) is 0 Å². The number of hydrogen-bond donors (Lipinski definition) is 3. The lowest BCUT2D eigenvalue weighted by atomic mass is 9.95. The molecule has 1 rings (SSSR count). The van der Waals surface area contributed by atoms with E-state index in [0.29, 0.717) is 18.5 Å². The van der Waals surface area contributed by atoms with Crippen LogP contribution in [-0.4, -0.2) is 46.1 Å². The number of hydrogen-bond acceptors (Lipinski definition) is 4. The molecule has 0 spiro atoms. The van der Waals surface area contributed by atoms with E-state index in [1.807, 2.05) is 19.9 Å². The number of benzene rings is 1. The summed E-state index contributed by atoms with van der Waals surface area (Å²) in [5.74, 6) is -1.20. The van der Waals surface area contributed by atoms with Crippen LogP contribution in [0.15, 0.2) is 35.5 Å². The van der Waals surface area contributed by atoms with Gasteiger partial charge in [0.05, 0.1) is 0 Å². The second-order valence-electron chi connectivity index (χ2n) is 5.07. The highest BCUT2D eigenvalue weighted by Crippen LogP contribution is 2.20. The van der Waals surface area contributed by atoms with Gasteiger partial charge in [-0.05, 0) is 25.8 Å². The zero-order chi connectivity index (χ0) is 15.8. The molecule has 0 fully saturated rings. The van der Waals surface area contributed by atoms with Gasteiger partial charge in [-0.3, -0.25) is 4.79 Å². The number of carbonyl (C=O) groups excluding carboxylic acids is 1. The lowest BCUT2D eigenvalue weighted by Gasteiger charge is -2.30. The summed E-state index contributed by atoms with van der Waals surface area (Å²) < 4.78 is 0. The molecule has 21 heavy (non-hydrogen) atoms. The average Bonchev–Trinajstić information content (AvgIpc) is 2.48. The Bertz CT molecular complexity index is 474. The number of nitrogens with zero attached hydrogens (tertiary/aromatic N) is 2. The molecule has 1 unspecified atom stereocenters. The number of rotatable bonds is 7. The van der Waals surface area contributed by atoms with E-state index in [9.17, 15) is 4.79 Å². The lowest BCUT2D eigenvalue weighted by Crippen LogP contribution is -2.44. The Labute approximate surface area is 124 Å². The molecule has 1 aromatic carbocycles. The summed E-state index contributed by atoms with van der Waals surface area (Å²) in [6, 6.07) is 8.93. The van der Waals surface area contributed by atoms with Crippen LogP contribution in [0.2, 0.25) is 0 Å². The van der Waals surface area contributed by atoms with Gasteiger partial charge in [-0.25, -0.2) is 0 Å². The van der Waals surface area contributed by atoms with Crippen LogP contribution >= 0.6 is 0 Å². The molecule has 116 valence electrons. The molecule has 6 nitrogen and oxygen atoms in total. The average molecular weight is 293 g/mol. The van der Waals surface area contributed by atoms with Gasteiger partial charge in [-0.2, -0.15) is 0 Å². The van der Waals surface area contributed by atoms with Gasteiger partial charge in [-0.1, -0.05) is 35.5 Å². The standard InChI is InChI=1S/C15H23N3O3/c1-11(2)18(9-6-10-19)15(20)13(14(16)17-21)12-7-4-3-5-8-12/h3-5,7-8,11,13,19,21H,6,9-10H2,1-2H3,(H2,16,17). The highest BCUT2D eigenvalue weighted by molar-refractivity contribution is 6.07. The first kappa shape index (κ1) is 17.0. The van der Waals surface area contributed by atoms with Gasteiger partial charge in [-0.15, -0.1) is 0 Å². The van der Waals surface area contributed by atoms with Crippen LogP contribution in [-0.2, 0) is 4.79 Å². The summed E-state index contributed by atoms with van der Waals surface area (Å²) in [5.41, 5.74) is 6.39. The fourth-order valence-electron chi connectivity index (χ4n) is 2.17. The maximum atomic E-state index is 12.8. The molecule has 0 aliphatic heterocycles. The molecule has 1 amide bonds. The Balaban J connectivity index is 3.10. The largest absolute Gasteiger partial charge is 0.409 e. The first-order valence-electron chi connectivity index (χ1n) is 6.96. The smallest absolute Gasteiger partial charge is 0.238 e. The summed E-state index contributed by atoms with van der Waals surface area (Å²) >= 11 is 0. The SMILES string of the molecule is CC(C)N(CCCO)C(=O)C(C(N)=NO)c1ccccc1. The van der Waals surface area contributed by atoms with Crippen molar-refractivity contribution in [2.45, 2.75) is 32.2 Å². The maximum absolute atomic E-state index is 12.8. The monoisotopic (exact) mass is 293 g/mol. The molecule has 6 heteroatoms. The molecule has 0 aromatic heterocycles. The Hall–Kier alpha value is -2.08. The number of oxime groups is 1. The quantitative estimate of drug-likeness (QED) is 0.304. The van der Waals surface area contributed by atoms with Gasteiger partial charge >= 0.3 is 0 Å². The van der Waals surface area contributed by atoms with E-state index < -0.39 is 5.92 Å². The van der Waals surface area contributed by atoms with Crippen LogP contribution in [0.3, 0.4) is 0 Å². The fraction of sp³-hybridized carbons (Fsp3) is 0.467. The lowest BCUT2D eigenvalue weighted by molar-refractivity contribution is -0.133. The Kier molecular flexibility index (Phi) is 6.68. The second-order valence-corrected chi connectivity index (χ2v) is 5.07. The molecular weight excluding hydrogens is 270 g/mol. The van der Waals surface area contributed by atoms with Gasteiger partial charge < -0.3 is 20.9 Å². The van der Waals surface area contributed by atoms with E-state index in [4.69, 9.17) is 16.0 Å². The van der Waals surface area contributed by atoms with Crippen molar-refractivity contribution in [2.24, 2.45) is 10.9 Å². The van der Waals surface area contributed by atoms with Gasteiger partial charge in [0.2, 0.25) is 5.91 Å². The third-order valence-electron chi connectivity index (χ3n) is 3.25. The number of nitrogens with two attached hydrogens (primary N) is 1. The van der Waals surface area contributed by atoms with Crippen molar-refractivity contribution in [3.63, 3.8) is 0 Å². The molecule has 0 radical (unpaired) electrons. The van der Waals surface area contributed by atoms with Crippen molar-refractivity contribution in [1.82, 2.24) is 4.90 Å². The first-order valence-corrected chi connectivity index (χ1v) is 6.96. The molecule has 1 atom stereocenters. The number of aliphatic hydroxyl groups is 1. The van der Waals surface area contributed by atoms with E-state index >= 15 is 0 Å². The second kappa shape index (κ2) is 8.26. The normalized spacial score (nSPS) is 13.2. The van der Waals surface area contributed by atoms with Crippen LogP contribution in [0, 0.1) is 0 Å². The van der Waals surface area contributed by atoms with Crippen LogP contribution in [0.1, 0.15) is 31.7 Å². The summed E-state index contributed by atoms with van der Waals surface area (Å²) in [6.07, 6.45) is 0.488. The molecule has 0 heterocycles. The minimum Gasteiger partial charge on any atom is -0.409 e. The summed E-state index contributed by atoms with van der Waals surface area (Å²) in [6.45, 7) is 4.22. The van der Waals surface area contributed by atoms with E-state index in [0.717, 1.165) is 0 Å². The molecule has 0 aliphatic rings. The number of aliphatic hydroxyl groups excluding tert-OH is 1. The van der Waals surface area contributed by atoms with E-state index in [-0.39, 0.29) is 24.4 Å². The van der Waals surface area contributed by atoms with Crippen molar-refractivity contribution >= 4 is 11.7 Å². The van der Waals surface area contributed by atoms with Crippen LogP contribution in [0.5, 0.6) is 0 Å². The molecule has 1 aromatic rings. The van der Waals surface area contributed by atoms with Crippen molar-refractivity contribution in [1.29, 1.82) is 0 Å². The molecule has 0 saturated heterocycles.